The summed E-state index contributed by atoms with van der Waals surface area (Å²) in [5.74, 6) is 0. The lowest BCUT2D eigenvalue weighted by molar-refractivity contribution is 0.167. The summed E-state index contributed by atoms with van der Waals surface area (Å²) in [6.07, 6.45) is 6.39. The maximum atomic E-state index is 6.04. The quantitative estimate of drug-likeness (QED) is 0.716. The molecule has 1 heterocycles. The highest BCUT2D eigenvalue weighted by Crippen LogP contribution is 2.24. The molecule has 2 rings (SSSR count). The summed E-state index contributed by atoms with van der Waals surface area (Å²) >= 11 is 12.0. The van der Waals surface area contributed by atoms with Crippen LogP contribution in [0.4, 0.5) is 0 Å². The predicted octanol–water partition coefficient (Wildman–Crippen LogP) is 5.44. The number of halogens is 2. The van der Waals surface area contributed by atoms with Crippen LogP contribution in [-0.4, -0.2) is 24.0 Å². The van der Waals surface area contributed by atoms with Gasteiger partial charge in [0.2, 0.25) is 0 Å². The molecule has 108 valence electrons. The van der Waals surface area contributed by atoms with Crippen LogP contribution in [0.5, 0.6) is 0 Å². The Morgan fingerprint density at radius 2 is 1.79 bits per heavy atom. The molecular formula is C16H25Cl2N. The Bertz CT molecular complexity index is 386. The fraction of sp³-hybridized carbons (Fsp3) is 0.625. The number of nitrogens with zero attached hydrogens (tertiary/aromatic N) is 1. The number of rotatable bonds is 4. The fourth-order valence-electron chi connectivity index (χ4n) is 2.61. The van der Waals surface area contributed by atoms with Gasteiger partial charge in [-0.05, 0) is 63.4 Å². The van der Waals surface area contributed by atoms with Crippen molar-refractivity contribution in [1.82, 2.24) is 4.90 Å². The SMILES string of the molecule is C.CC(CCc1ccc(Cl)c(Cl)c1)N1CCCCC1. The van der Waals surface area contributed by atoms with Gasteiger partial charge in [-0.25, -0.2) is 0 Å². The van der Waals surface area contributed by atoms with Crippen LogP contribution in [0.2, 0.25) is 10.0 Å². The van der Waals surface area contributed by atoms with Gasteiger partial charge in [0.25, 0.3) is 0 Å². The second kappa shape index (κ2) is 8.14. The van der Waals surface area contributed by atoms with Crippen molar-refractivity contribution in [3.8, 4) is 0 Å². The molecule has 0 amide bonds. The van der Waals surface area contributed by atoms with Gasteiger partial charge in [-0.1, -0.05) is 43.1 Å². The molecule has 0 aromatic heterocycles. The van der Waals surface area contributed by atoms with E-state index in [4.69, 9.17) is 23.2 Å². The number of benzene rings is 1. The lowest BCUT2D eigenvalue weighted by atomic mass is 10.0. The molecular weight excluding hydrogens is 277 g/mol. The van der Waals surface area contributed by atoms with Crippen molar-refractivity contribution in [2.45, 2.75) is 52.5 Å². The maximum Gasteiger partial charge on any atom is 0.0595 e. The molecule has 1 nitrogen and oxygen atoms in total. The third kappa shape index (κ3) is 4.98. The topological polar surface area (TPSA) is 3.24 Å². The zero-order valence-electron chi connectivity index (χ0n) is 11.0. The molecule has 1 fully saturated rings. The fourth-order valence-corrected chi connectivity index (χ4v) is 2.93. The van der Waals surface area contributed by atoms with Crippen LogP contribution in [0.3, 0.4) is 0 Å². The minimum Gasteiger partial charge on any atom is -0.301 e. The molecule has 1 saturated heterocycles. The Labute approximate surface area is 127 Å². The third-order valence-corrected chi connectivity index (χ3v) is 4.59. The van der Waals surface area contributed by atoms with Crippen molar-refractivity contribution < 1.29 is 0 Å². The van der Waals surface area contributed by atoms with Gasteiger partial charge < -0.3 is 4.90 Å². The van der Waals surface area contributed by atoms with E-state index >= 15 is 0 Å². The van der Waals surface area contributed by atoms with Crippen molar-refractivity contribution in [2.24, 2.45) is 0 Å². The second-order valence-electron chi connectivity index (χ2n) is 5.23. The molecule has 1 aliphatic rings. The molecule has 1 unspecified atom stereocenters. The largest absolute Gasteiger partial charge is 0.301 e. The Kier molecular flexibility index (Phi) is 7.20. The Hall–Kier alpha value is -0.240. The number of hydrogen-bond donors (Lipinski definition) is 0. The first-order valence-corrected chi connectivity index (χ1v) is 7.60. The summed E-state index contributed by atoms with van der Waals surface area (Å²) in [6.45, 7) is 4.87. The van der Waals surface area contributed by atoms with Gasteiger partial charge >= 0.3 is 0 Å². The van der Waals surface area contributed by atoms with Crippen molar-refractivity contribution in [3.63, 3.8) is 0 Å². The molecule has 0 bridgehead atoms. The van der Waals surface area contributed by atoms with Crippen molar-refractivity contribution >= 4 is 23.2 Å². The van der Waals surface area contributed by atoms with Crippen LogP contribution in [0.1, 0.15) is 45.6 Å². The Morgan fingerprint density at radius 3 is 2.42 bits per heavy atom. The summed E-state index contributed by atoms with van der Waals surface area (Å²) < 4.78 is 0. The van der Waals surface area contributed by atoms with Crippen molar-refractivity contribution in [1.29, 1.82) is 0 Å². The first-order valence-electron chi connectivity index (χ1n) is 6.85. The van der Waals surface area contributed by atoms with Gasteiger partial charge in [0, 0.05) is 6.04 Å². The van der Waals surface area contributed by atoms with E-state index in [9.17, 15) is 0 Å². The molecule has 0 N–H and O–H groups in total. The zero-order valence-corrected chi connectivity index (χ0v) is 12.5. The highest BCUT2D eigenvalue weighted by molar-refractivity contribution is 6.42. The van der Waals surface area contributed by atoms with E-state index in [2.05, 4.69) is 17.9 Å². The van der Waals surface area contributed by atoms with E-state index in [0.29, 0.717) is 16.1 Å². The average Bonchev–Trinajstić information content (AvgIpc) is 2.41. The molecule has 0 aliphatic carbocycles. The molecule has 1 atom stereocenters. The maximum absolute atomic E-state index is 6.04. The highest BCUT2D eigenvalue weighted by Gasteiger charge is 2.16. The highest BCUT2D eigenvalue weighted by atomic mass is 35.5. The molecule has 1 aliphatic heterocycles. The van der Waals surface area contributed by atoms with Crippen LogP contribution < -0.4 is 0 Å². The monoisotopic (exact) mass is 301 g/mol. The molecule has 19 heavy (non-hydrogen) atoms. The average molecular weight is 302 g/mol. The Balaban J connectivity index is 0.00000180. The predicted molar refractivity (Wildman–Crippen MR) is 86.4 cm³/mol. The van der Waals surface area contributed by atoms with E-state index in [0.717, 1.165) is 6.42 Å². The third-order valence-electron chi connectivity index (χ3n) is 3.85. The van der Waals surface area contributed by atoms with E-state index in [1.165, 1.54) is 44.3 Å². The minimum atomic E-state index is 0. The van der Waals surface area contributed by atoms with Crippen molar-refractivity contribution in [3.05, 3.63) is 33.8 Å². The Morgan fingerprint density at radius 1 is 1.11 bits per heavy atom. The smallest absolute Gasteiger partial charge is 0.0595 e. The van der Waals surface area contributed by atoms with Gasteiger partial charge in [-0.15, -0.1) is 0 Å². The summed E-state index contributed by atoms with van der Waals surface area (Å²) in [5, 5.41) is 1.31. The minimum absolute atomic E-state index is 0. The van der Waals surface area contributed by atoms with E-state index in [1.807, 2.05) is 12.1 Å². The van der Waals surface area contributed by atoms with Crippen LogP contribution in [0.15, 0.2) is 18.2 Å². The molecule has 0 spiro atoms. The first kappa shape index (κ1) is 16.8. The van der Waals surface area contributed by atoms with Gasteiger partial charge in [-0.2, -0.15) is 0 Å². The van der Waals surface area contributed by atoms with Crippen LogP contribution in [-0.2, 0) is 6.42 Å². The summed E-state index contributed by atoms with van der Waals surface area (Å²) in [6, 6.07) is 6.63. The van der Waals surface area contributed by atoms with Gasteiger partial charge in [-0.3, -0.25) is 0 Å². The second-order valence-corrected chi connectivity index (χ2v) is 6.05. The molecule has 1 aromatic carbocycles. The lowest BCUT2D eigenvalue weighted by Gasteiger charge is -2.32. The molecule has 1 aromatic rings. The normalized spacial score (nSPS) is 17.8. The molecule has 0 saturated carbocycles. The number of piperidine rings is 1. The van der Waals surface area contributed by atoms with Gasteiger partial charge in [0.15, 0.2) is 0 Å². The zero-order chi connectivity index (χ0) is 13.0. The van der Waals surface area contributed by atoms with Crippen LogP contribution >= 0.6 is 23.2 Å². The summed E-state index contributed by atoms with van der Waals surface area (Å²) in [7, 11) is 0. The standard InChI is InChI=1S/C15H21Cl2N.CH4/c1-12(18-9-3-2-4-10-18)5-6-13-7-8-14(16)15(17)11-13;/h7-8,11-12H,2-6,9-10H2,1H3;1H4. The lowest BCUT2D eigenvalue weighted by Crippen LogP contribution is -2.37. The van der Waals surface area contributed by atoms with Gasteiger partial charge in [0.05, 0.1) is 10.0 Å². The van der Waals surface area contributed by atoms with Gasteiger partial charge in [0.1, 0.15) is 0 Å². The van der Waals surface area contributed by atoms with Crippen LogP contribution in [0, 0.1) is 0 Å². The summed E-state index contributed by atoms with van der Waals surface area (Å²) in [5.41, 5.74) is 1.29. The van der Waals surface area contributed by atoms with E-state index in [-0.39, 0.29) is 7.43 Å². The van der Waals surface area contributed by atoms with E-state index < -0.39 is 0 Å². The van der Waals surface area contributed by atoms with Crippen LogP contribution in [0.25, 0.3) is 0 Å². The number of hydrogen-bond acceptors (Lipinski definition) is 1. The number of aryl methyl sites for hydroxylation is 1. The van der Waals surface area contributed by atoms with E-state index in [1.54, 1.807) is 0 Å². The van der Waals surface area contributed by atoms with Crippen molar-refractivity contribution in [2.75, 3.05) is 13.1 Å². The molecule has 3 heteroatoms. The summed E-state index contributed by atoms with van der Waals surface area (Å²) in [4.78, 5) is 2.61. The first-order chi connectivity index (χ1) is 8.66. The number of likely N-dealkylation sites (tertiary alicyclic amines) is 1. The molecule has 0 radical (unpaired) electrons.